The Morgan fingerprint density at radius 3 is 2.58 bits per heavy atom. The number of rotatable bonds is 2. The minimum Gasteiger partial charge on any atom is -0.543 e. The molecule has 1 N–H and O–H groups in total. The fourth-order valence-corrected chi connectivity index (χ4v) is 5.29. The zero-order valence-corrected chi connectivity index (χ0v) is 17.6. The normalized spacial score (nSPS) is 16.8. The third-order valence-corrected chi connectivity index (χ3v) is 11.1. The number of aliphatic hydroxyl groups is 1. The molecular formula is C21H24O3SSi. The van der Waals surface area contributed by atoms with Crippen molar-refractivity contribution in [3.63, 3.8) is 0 Å². The summed E-state index contributed by atoms with van der Waals surface area (Å²) in [4.78, 5) is 1.08. The number of hydrogen-bond donors (Lipinski definition) is 1. The van der Waals surface area contributed by atoms with Gasteiger partial charge in [-0.1, -0.05) is 32.9 Å². The molecular weight excluding hydrogens is 360 g/mol. The third kappa shape index (κ3) is 2.75. The van der Waals surface area contributed by atoms with Gasteiger partial charge in [-0.15, -0.1) is 11.3 Å². The lowest BCUT2D eigenvalue weighted by atomic mass is 10.0. The van der Waals surface area contributed by atoms with Gasteiger partial charge in [0.15, 0.2) is 0 Å². The molecule has 0 radical (unpaired) electrons. The van der Waals surface area contributed by atoms with Crippen LogP contribution in [0.25, 0.3) is 20.5 Å². The predicted molar refractivity (Wildman–Crippen MR) is 111 cm³/mol. The van der Waals surface area contributed by atoms with Crippen LogP contribution in [0.2, 0.25) is 18.1 Å². The molecule has 3 aromatic rings. The zero-order valence-electron chi connectivity index (χ0n) is 15.8. The van der Waals surface area contributed by atoms with Crippen LogP contribution < -0.4 is 9.16 Å². The van der Waals surface area contributed by atoms with Crippen LogP contribution in [0.5, 0.6) is 11.5 Å². The van der Waals surface area contributed by atoms with Gasteiger partial charge in [0.25, 0.3) is 0 Å². The highest BCUT2D eigenvalue weighted by molar-refractivity contribution is 7.22. The fraction of sp³-hybridized carbons (Fsp3) is 0.333. The Kier molecular flexibility index (Phi) is 3.95. The standard InChI is InChI=1S/C21H24O3SSi/c1-21(2,3)26(4,5)24-13-10-11-15-17(12-13)25-19-14-8-6-7-9-16(14)23-20(22)18(15)19/h6-12,20,22H,1-5H3. The Morgan fingerprint density at radius 2 is 1.85 bits per heavy atom. The third-order valence-electron chi connectivity index (χ3n) is 5.50. The molecule has 136 valence electrons. The van der Waals surface area contributed by atoms with Crippen LogP contribution in [-0.4, -0.2) is 13.4 Å². The summed E-state index contributed by atoms with van der Waals surface area (Å²) in [7, 11) is -1.88. The van der Waals surface area contributed by atoms with E-state index in [1.807, 2.05) is 36.4 Å². The van der Waals surface area contributed by atoms with E-state index in [9.17, 15) is 5.11 Å². The van der Waals surface area contributed by atoms with Gasteiger partial charge < -0.3 is 14.3 Å². The summed E-state index contributed by atoms with van der Waals surface area (Å²) in [5.41, 5.74) is 1.91. The lowest BCUT2D eigenvalue weighted by Gasteiger charge is -2.36. The molecule has 5 heteroatoms. The first kappa shape index (κ1) is 17.6. The Morgan fingerprint density at radius 1 is 1.12 bits per heavy atom. The second kappa shape index (κ2) is 5.84. The molecule has 1 aromatic heterocycles. The van der Waals surface area contributed by atoms with Gasteiger partial charge in [-0.05, 0) is 48.5 Å². The average molecular weight is 385 g/mol. The number of hydrogen-bond acceptors (Lipinski definition) is 4. The molecule has 1 unspecified atom stereocenters. The van der Waals surface area contributed by atoms with Crippen LogP contribution in [-0.2, 0) is 0 Å². The molecule has 1 atom stereocenters. The van der Waals surface area contributed by atoms with Gasteiger partial charge in [-0.2, -0.15) is 0 Å². The van der Waals surface area contributed by atoms with Crippen LogP contribution in [0, 0.1) is 0 Å². The van der Waals surface area contributed by atoms with Crippen molar-refractivity contribution in [1.29, 1.82) is 0 Å². The topological polar surface area (TPSA) is 38.7 Å². The molecule has 26 heavy (non-hydrogen) atoms. The van der Waals surface area contributed by atoms with E-state index in [0.717, 1.165) is 37.6 Å². The van der Waals surface area contributed by atoms with Crippen molar-refractivity contribution >= 4 is 29.7 Å². The molecule has 0 amide bonds. The van der Waals surface area contributed by atoms with Crippen molar-refractivity contribution in [2.75, 3.05) is 0 Å². The van der Waals surface area contributed by atoms with Gasteiger partial charge in [0.05, 0.1) is 0 Å². The maximum atomic E-state index is 10.5. The van der Waals surface area contributed by atoms with E-state index in [2.05, 4.69) is 39.9 Å². The van der Waals surface area contributed by atoms with Gasteiger partial charge in [-0.25, -0.2) is 0 Å². The first-order valence-electron chi connectivity index (χ1n) is 8.87. The SMILES string of the molecule is CC(C)(C)[Si](C)(C)Oc1ccc2c3c(sc2c1)-c1ccccc1OC3O. The van der Waals surface area contributed by atoms with Gasteiger partial charge in [0, 0.05) is 26.1 Å². The summed E-state index contributed by atoms with van der Waals surface area (Å²) in [6.07, 6.45) is -0.930. The summed E-state index contributed by atoms with van der Waals surface area (Å²) in [6.45, 7) is 11.2. The molecule has 0 saturated heterocycles. The first-order valence-corrected chi connectivity index (χ1v) is 12.6. The second-order valence-electron chi connectivity index (χ2n) is 8.33. The Bertz CT molecular complexity index is 985. The maximum absolute atomic E-state index is 10.5. The summed E-state index contributed by atoms with van der Waals surface area (Å²) < 4.78 is 13.3. The molecule has 4 rings (SSSR count). The van der Waals surface area contributed by atoms with Crippen LogP contribution in [0.15, 0.2) is 42.5 Å². The number of aliphatic hydroxyl groups excluding tert-OH is 1. The van der Waals surface area contributed by atoms with Gasteiger partial charge in [0.1, 0.15) is 11.5 Å². The molecule has 0 aliphatic carbocycles. The van der Waals surface area contributed by atoms with Crippen LogP contribution >= 0.6 is 11.3 Å². The highest BCUT2D eigenvalue weighted by Gasteiger charge is 2.39. The Labute approximate surface area is 159 Å². The maximum Gasteiger partial charge on any atom is 0.250 e. The van der Waals surface area contributed by atoms with Gasteiger partial charge in [-0.3, -0.25) is 0 Å². The molecule has 0 bridgehead atoms. The van der Waals surface area contributed by atoms with Crippen molar-refractivity contribution in [2.24, 2.45) is 0 Å². The van der Waals surface area contributed by atoms with Crippen molar-refractivity contribution in [2.45, 2.75) is 45.2 Å². The molecule has 0 fully saturated rings. The average Bonchev–Trinajstić information content (AvgIpc) is 2.93. The number of para-hydroxylation sites is 1. The van der Waals surface area contributed by atoms with Crippen LogP contribution in [0.4, 0.5) is 0 Å². The van der Waals surface area contributed by atoms with E-state index in [1.54, 1.807) is 11.3 Å². The number of fused-ring (bicyclic) bond motifs is 5. The van der Waals surface area contributed by atoms with Crippen LogP contribution in [0.3, 0.4) is 0 Å². The van der Waals surface area contributed by atoms with E-state index < -0.39 is 14.6 Å². The quantitative estimate of drug-likeness (QED) is 0.524. The van der Waals surface area contributed by atoms with Crippen molar-refractivity contribution in [3.05, 3.63) is 48.0 Å². The minimum absolute atomic E-state index is 0.152. The van der Waals surface area contributed by atoms with Crippen molar-refractivity contribution < 1.29 is 14.3 Å². The molecule has 0 saturated carbocycles. The van der Waals surface area contributed by atoms with E-state index in [0.29, 0.717) is 0 Å². The minimum atomic E-state index is -1.88. The molecule has 0 spiro atoms. The molecule has 2 aromatic carbocycles. The van der Waals surface area contributed by atoms with Crippen molar-refractivity contribution in [1.82, 2.24) is 0 Å². The highest BCUT2D eigenvalue weighted by Crippen LogP contribution is 2.50. The fourth-order valence-electron chi connectivity index (χ4n) is 2.99. The summed E-state index contributed by atoms with van der Waals surface area (Å²) in [5.74, 6) is 1.64. The highest BCUT2D eigenvalue weighted by atomic mass is 32.1. The smallest absolute Gasteiger partial charge is 0.250 e. The monoisotopic (exact) mass is 384 g/mol. The number of ether oxygens (including phenoxy) is 1. The second-order valence-corrected chi connectivity index (χ2v) is 14.1. The Hall–Kier alpha value is -1.82. The molecule has 1 aliphatic heterocycles. The molecule has 3 nitrogen and oxygen atoms in total. The summed E-state index contributed by atoms with van der Waals surface area (Å²) >= 11 is 1.69. The van der Waals surface area contributed by atoms with Crippen molar-refractivity contribution in [3.8, 4) is 21.9 Å². The van der Waals surface area contributed by atoms with E-state index in [4.69, 9.17) is 9.16 Å². The van der Waals surface area contributed by atoms with Gasteiger partial charge >= 0.3 is 0 Å². The number of benzene rings is 2. The molecule has 2 heterocycles. The molecule has 1 aliphatic rings. The lowest BCUT2D eigenvalue weighted by molar-refractivity contribution is -0.0197. The van der Waals surface area contributed by atoms with Gasteiger partial charge in [0.2, 0.25) is 14.6 Å². The number of thiophene rings is 1. The van der Waals surface area contributed by atoms with Crippen LogP contribution in [0.1, 0.15) is 32.6 Å². The summed E-state index contributed by atoms with van der Waals surface area (Å²) in [6, 6.07) is 14.0. The van der Waals surface area contributed by atoms with E-state index in [-0.39, 0.29) is 5.04 Å². The zero-order chi connectivity index (χ0) is 18.7. The first-order chi connectivity index (χ1) is 12.2. The van der Waals surface area contributed by atoms with E-state index >= 15 is 0 Å². The largest absolute Gasteiger partial charge is 0.543 e. The lowest BCUT2D eigenvalue weighted by Crippen LogP contribution is -2.43. The Balaban J connectivity index is 1.81. The predicted octanol–water partition coefficient (Wildman–Crippen LogP) is 6.34. The summed E-state index contributed by atoms with van der Waals surface area (Å²) in [5, 5.41) is 11.7. The van der Waals surface area contributed by atoms with E-state index in [1.165, 1.54) is 0 Å².